The number of nitrogens with zero attached hydrogens (tertiary/aromatic N) is 1. The summed E-state index contributed by atoms with van der Waals surface area (Å²) < 4.78 is 0. The summed E-state index contributed by atoms with van der Waals surface area (Å²) in [7, 11) is 0. The van der Waals surface area contributed by atoms with Crippen molar-refractivity contribution in [1.29, 1.82) is 0 Å². The van der Waals surface area contributed by atoms with Crippen LogP contribution in [0.5, 0.6) is 0 Å². The van der Waals surface area contributed by atoms with Gasteiger partial charge < -0.3 is 10.2 Å². The molecule has 0 bridgehead atoms. The summed E-state index contributed by atoms with van der Waals surface area (Å²) in [6.45, 7) is 12.7. The van der Waals surface area contributed by atoms with Crippen LogP contribution in [0.1, 0.15) is 47.5 Å². The summed E-state index contributed by atoms with van der Waals surface area (Å²) in [4.78, 5) is 14.3. The van der Waals surface area contributed by atoms with Crippen LogP contribution in [0.2, 0.25) is 0 Å². The van der Waals surface area contributed by atoms with E-state index in [-0.39, 0.29) is 0 Å². The summed E-state index contributed by atoms with van der Waals surface area (Å²) in [5, 5.41) is 3.41. The minimum absolute atomic E-state index is 0.322. The topological polar surface area (TPSA) is 32.3 Å². The van der Waals surface area contributed by atoms with Gasteiger partial charge in [0.05, 0.1) is 0 Å². The third-order valence-corrected chi connectivity index (χ3v) is 3.75. The van der Waals surface area contributed by atoms with Crippen LogP contribution in [0, 0.1) is 11.8 Å². The molecule has 0 aliphatic carbocycles. The Labute approximate surface area is 106 Å². The van der Waals surface area contributed by atoms with Crippen LogP contribution in [-0.4, -0.2) is 36.0 Å². The molecule has 0 radical (unpaired) electrons. The first-order valence-electron chi connectivity index (χ1n) is 6.94. The van der Waals surface area contributed by atoms with Crippen LogP contribution in [0.15, 0.2) is 0 Å². The predicted octanol–water partition coefficient (Wildman–Crippen LogP) is 2.27. The van der Waals surface area contributed by atoms with E-state index in [1.54, 1.807) is 0 Å². The van der Waals surface area contributed by atoms with Crippen molar-refractivity contribution in [2.24, 2.45) is 11.8 Å². The molecule has 0 spiro atoms. The lowest BCUT2D eigenvalue weighted by Gasteiger charge is -2.39. The molecule has 3 nitrogen and oxygen atoms in total. The first-order chi connectivity index (χ1) is 7.91. The third kappa shape index (κ3) is 4.30. The Morgan fingerprint density at radius 3 is 2.59 bits per heavy atom. The van der Waals surface area contributed by atoms with Gasteiger partial charge in [-0.2, -0.15) is 0 Å². The van der Waals surface area contributed by atoms with Gasteiger partial charge in [0.25, 0.3) is 0 Å². The molecule has 3 unspecified atom stereocenters. The Morgan fingerprint density at radius 1 is 1.35 bits per heavy atom. The SMILES string of the molecule is CC(C)CC(C)CC(=O)N1CCNC(C)C1C. The van der Waals surface area contributed by atoms with E-state index in [0.717, 1.165) is 19.5 Å². The van der Waals surface area contributed by atoms with E-state index in [2.05, 4.69) is 44.8 Å². The number of carbonyl (C=O) groups excluding carboxylic acids is 1. The maximum absolute atomic E-state index is 12.2. The van der Waals surface area contributed by atoms with Crippen molar-refractivity contribution in [3.05, 3.63) is 0 Å². The average molecular weight is 240 g/mol. The van der Waals surface area contributed by atoms with E-state index in [0.29, 0.717) is 36.2 Å². The highest BCUT2D eigenvalue weighted by Crippen LogP contribution is 2.18. The molecule has 1 saturated heterocycles. The van der Waals surface area contributed by atoms with Crippen molar-refractivity contribution in [3.8, 4) is 0 Å². The Kier molecular flexibility index (Phi) is 5.44. The highest BCUT2D eigenvalue weighted by molar-refractivity contribution is 5.77. The van der Waals surface area contributed by atoms with Crippen LogP contribution in [-0.2, 0) is 4.79 Å². The quantitative estimate of drug-likeness (QED) is 0.817. The van der Waals surface area contributed by atoms with Gasteiger partial charge in [-0.1, -0.05) is 20.8 Å². The molecule has 0 aromatic rings. The van der Waals surface area contributed by atoms with Gasteiger partial charge >= 0.3 is 0 Å². The fraction of sp³-hybridized carbons (Fsp3) is 0.929. The van der Waals surface area contributed by atoms with Crippen molar-refractivity contribution < 1.29 is 4.79 Å². The summed E-state index contributed by atoms with van der Waals surface area (Å²) >= 11 is 0. The second-order valence-electron chi connectivity index (χ2n) is 6.01. The first kappa shape index (κ1) is 14.5. The molecule has 1 aliphatic rings. The molecule has 0 aromatic heterocycles. The molecule has 1 fully saturated rings. The molecule has 100 valence electrons. The molecule has 0 saturated carbocycles. The van der Waals surface area contributed by atoms with Gasteiger partial charge in [0.2, 0.25) is 5.91 Å². The number of rotatable bonds is 4. The van der Waals surface area contributed by atoms with Crippen molar-refractivity contribution >= 4 is 5.91 Å². The van der Waals surface area contributed by atoms with Crippen LogP contribution in [0.3, 0.4) is 0 Å². The van der Waals surface area contributed by atoms with Gasteiger partial charge in [-0.15, -0.1) is 0 Å². The smallest absolute Gasteiger partial charge is 0.223 e. The summed E-state index contributed by atoms with van der Waals surface area (Å²) in [6, 6.07) is 0.732. The maximum atomic E-state index is 12.2. The van der Waals surface area contributed by atoms with Crippen molar-refractivity contribution in [1.82, 2.24) is 10.2 Å². The Balaban J connectivity index is 2.46. The van der Waals surface area contributed by atoms with Gasteiger partial charge in [0.1, 0.15) is 0 Å². The monoisotopic (exact) mass is 240 g/mol. The fourth-order valence-electron chi connectivity index (χ4n) is 2.71. The predicted molar refractivity (Wildman–Crippen MR) is 71.9 cm³/mol. The standard InChI is InChI=1S/C14H28N2O/c1-10(2)8-11(3)9-14(17)16-7-6-15-12(4)13(16)5/h10-13,15H,6-9H2,1-5H3. The minimum atomic E-state index is 0.322. The lowest BCUT2D eigenvalue weighted by Crippen LogP contribution is -2.57. The van der Waals surface area contributed by atoms with Crippen LogP contribution in [0.25, 0.3) is 0 Å². The fourth-order valence-corrected chi connectivity index (χ4v) is 2.71. The highest BCUT2D eigenvalue weighted by Gasteiger charge is 2.28. The molecule has 1 N–H and O–H groups in total. The molecule has 1 heterocycles. The molecule has 3 heteroatoms. The van der Waals surface area contributed by atoms with E-state index >= 15 is 0 Å². The van der Waals surface area contributed by atoms with Crippen LogP contribution < -0.4 is 5.32 Å². The number of hydrogen-bond acceptors (Lipinski definition) is 2. The molecule has 17 heavy (non-hydrogen) atoms. The Hall–Kier alpha value is -0.570. The molecule has 0 aromatic carbocycles. The van der Waals surface area contributed by atoms with E-state index in [9.17, 15) is 4.79 Å². The Bertz CT molecular complexity index is 253. The largest absolute Gasteiger partial charge is 0.337 e. The van der Waals surface area contributed by atoms with E-state index in [4.69, 9.17) is 0 Å². The van der Waals surface area contributed by atoms with E-state index in [1.807, 2.05) is 0 Å². The minimum Gasteiger partial charge on any atom is -0.337 e. The molecule has 3 atom stereocenters. The second kappa shape index (κ2) is 6.39. The van der Waals surface area contributed by atoms with Crippen molar-refractivity contribution in [2.45, 2.75) is 59.5 Å². The third-order valence-electron chi connectivity index (χ3n) is 3.75. The van der Waals surface area contributed by atoms with E-state index in [1.165, 1.54) is 0 Å². The Morgan fingerprint density at radius 2 is 2.00 bits per heavy atom. The number of hydrogen-bond donors (Lipinski definition) is 1. The molecule has 1 aliphatic heterocycles. The summed E-state index contributed by atoms with van der Waals surface area (Å²) in [5.41, 5.74) is 0. The van der Waals surface area contributed by atoms with E-state index < -0.39 is 0 Å². The number of nitrogens with one attached hydrogen (secondary N) is 1. The summed E-state index contributed by atoms with van der Waals surface area (Å²) in [6.07, 6.45) is 1.84. The molecular formula is C14H28N2O. The zero-order chi connectivity index (χ0) is 13.0. The lowest BCUT2D eigenvalue weighted by atomic mass is 9.95. The van der Waals surface area contributed by atoms with Gasteiger partial charge in [-0.25, -0.2) is 0 Å². The zero-order valence-electron chi connectivity index (χ0n) is 12.0. The lowest BCUT2D eigenvalue weighted by molar-refractivity contribution is -0.135. The molecular weight excluding hydrogens is 212 g/mol. The van der Waals surface area contributed by atoms with Gasteiger partial charge in [-0.05, 0) is 32.1 Å². The number of carbonyl (C=O) groups is 1. The molecule has 1 amide bonds. The van der Waals surface area contributed by atoms with Gasteiger partial charge in [0, 0.05) is 31.6 Å². The second-order valence-corrected chi connectivity index (χ2v) is 6.01. The normalized spacial score (nSPS) is 27.3. The zero-order valence-corrected chi connectivity index (χ0v) is 12.0. The maximum Gasteiger partial charge on any atom is 0.223 e. The highest BCUT2D eigenvalue weighted by atomic mass is 16.2. The van der Waals surface area contributed by atoms with Crippen molar-refractivity contribution in [2.75, 3.05) is 13.1 Å². The van der Waals surface area contributed by atoms with Gasteiger partial charge in [-0.3, -0.25) is 4.79 Å². The van der Waals surface area contributed by atoms with Crippen LogP contribution >= 0.6 is 0 Å². The van der Waals surface area contributed by atoms with Gasteiger partial charge in [0.15, 0.2) is 0 Å². The first-order valence-corrected chi connectivity index (χ1v) is 6.94. The number of piperazine rings is 1. The molecule has 1 rings (SSSR count). The van der Waals surface area contributed by atoms with Crippen molar-refractivity contribution in [3.63, 3.8) is 0 Å². The summed E-state index contributed by atoms with van der Waals surface area (Å²) in [5.74, 6) is 1.51. The average Bonchev–Trinajstić information content (AvgIpc) is 2.20. The number of amides is 1. The van der Waals surface area contributed by atoms with Crippen LogP contribution in [0.4, 0.5) is 0 Å².